The van der Waals surface area contributed by atoms with Gasteiger partial charge in [0.2, 0.25) is 0 Å². The molecule has 7 heteroatoms. The second kappa shape index (κ2) is 7.52. The minimum Gasteiger partial charge on any atom is -0.478 e. The second-order valence-corrected chi connectivity index (χ2v) is 7.11. The third-order valence-corrected chi connectivity index (χ3v) is 5.17. The van der Waals surface area contributed by atoms with Crippen LogP contribution in [-0.2, 0) is 0 Å². The van der Waals surface area contributed by atoms with E-state index in [1.54, 1.807) is 23.6 Å². The molecule has 0 aliphatic rings. The van der Waals surface area contributed by atoms with Crippen LogP contribution < -0.4 is 5.32 Å². The molecule has 0 saturated carbocycles. The number of hydrogen-bond acceptors (Lipinski definition) is 4. The Morgan fingerprint density at radius 1 is 1.15 bits per heavy atom. The highest BCUT2D eigenvalue weighted by molar-refractivity contribution is 9.10. The molecule has 0 radical (unpaired) electrons. The van der Waals surface area contributed by atoms with Crippen LogP contribution in [0.3, 0.4) is 0 Å². The summed E-state index contributed by atoms with van der Waals surface area (Å²) in [6.07, 6.45) is 0. The summed E-state index contributed by atoms with van der Waals surface area (Å²) in [6, 6.07) is 15.5. The number of rotatable bonds is 4. The van der Waals surface area contributed by atoms with Crippen molar-refractivity contribution < 1.29 is 14.7 Å². The molecule has 2 N–H and O–H groups in total. The maximum atomic E-state index is 12.4. The lowest BCUT2D eigenvalue weighted by molar-refractivity contribution is 0.0699. The molecule has 0 atom stereocenters. The number of carboxylic acid groups (broad SMARTS) is 1. The van der Waals surface area contributed by atoms with Crippen LogP contribution in [0.5, 0.6) is 0 Å². The van der Waals surface area contributed by atoms with E-state index < -0.39 is 11.9 Å². The predicted octanol–water partition coefficient (Wildman–Crippen LogP) is 5.00. The summed E-state index contributed by atoms with van der Waals surface area (Å²) in [6.45, 7) is 0. The van der Waals surface area contributed by atoms with Crippen molar-refractivity contribution in [3.05, 3.63) is 75.1 Å². The standard InChI is InChI=1S/C19H11BrN2O3S/c20-14-6-4-12(5-7-14)17-16(19(24)25)15(10-26-17)22-18(23)13-3-1-2-11(8-13)9-21/h1-8,10H,(H,22,23)(H,24,25). The molecule has 26 heavy (non-hydrogen) atoms. The molecular formula is C19H11BrN2O3S. The van der Waals surface area contributed by atoms with Gasteiger partial charge >= 0.3 is 5.97 Å². The zero-order chi connectivity index (χ0) is 18.7. The number of amides is 1. The highest BCUT2D eigenvalue weighted by Gasteiger charge is 2.21. The molecule has 0 fully saturated rings. The molecule has 0 aliphatic carbocycles. The molecule has 0 aliphatic heterocycles. The Labute approximate surface area is 161 Å². The van der Waals surface area contributed by atoms with Crippen LogP contribution in [0.25, 0.3) is 10.4 Å². The van der Waals surface area contributed by atoms with Crippen LogP contribution in [0.15, 0.2) is 58.4 Å². The minimum absolute atomic E-state index is 0.0436. The fourth-order valence-corrected chi connectivity index (χ4v) is 3.66. The largest absolute Gasteiger partial charge is 0.478 e. The number of anilines is 1. The molecular weight excluding hydrogens is 416 g/mol. The molecule has 1 aromatic heterocycles. The lowest BCUT2D eigenvalue weighted by Gasteiger charge is -2.07. The van der Waals surface area contributed by atoms with Gasteiger partial charge < -0.3 is 10.4 Å². The van der Waals surface area contributed by atoms with Crippen molar-refractivity contribution in [3.8, 4) is 16.5 Å². The number of thiophene rings is 1. The predicted molar refractivity (Wildman–Crippen MR) is 104 cm³/mol. The molecule has 0 bridgehead atoms. The van der Waals surface area contributed by atoms with Crippen LogP contribution in [0.4, 0.5) is 5.69 Å². The summed E-state index contributed by atoms with van der Waals surface area (Å²) in [5.74, 6) is -1.59. The SMILES string of the molecule is N#Cc1cccc(C(=O)Nc2csc(-c3ccc(Br)cc3)c2C(=O)O)c1. The number of carbonyl (C=O) groups is 2. The zero-order valence-electron chi connectivity index (χ0n) is 13.2. The minimum atomic E-state index is -1.12. The van der Waals surface area contributed by atoms with E-state index in [2.05, 4.69) is 21.2 Å². The van der Waals surface area contributed by atoms with Crippen molar-refractivity contribution in [1.82, 2.24) is 0 Å². The highest BCUT2D eigenvalue weighted by atomic mass is 79.9. The number of halogens is 1. The first-order valence-electron chi connectivity index (χ1n) is 7.42. The summed E-state index contributed by atoms with van der Waals surface area (Å²) in [5, 5.41) is 22.8. The van der Waals surface area contributed by atoms with E-state index in [0.717, 1.165) is 10.0 Å². The Balaban J connectivity index is 1.95. The molecule has 1 heterocycles. The fraction of sp³-hybridized carbons (Fsp3) is 0. The molecule has 0 saturated heterocycles. The topological polar surface area (TPSA) is 90.2 Å². The van der Waals surface area contributed by atoms with Crippen LogP contribution in [-0.4, -0.2) is 17.0 Å². The van der Waals surface area contributed by atoms with E-state index in [1.807, 2.05) is 30.3 Å². The molecule has 2 aromatic carbocycles. The van der Waals surface area contributed by atoms with Crippen molar-refractivity contribution in [2.75, 3.05) is 5.32 Å². The average molecular weight is 427 g/mol. The van der Waals surface area contributed by atoms with Gasteiger partial charge in [-0.2, -0.15) is 5.26 Å². The maximum absolute atomic E-state index is 12.4. The van der Waals surface area contributed by atoms with E-state index in [4.69, 9.17) is 5.26 Å². The quantitative estimate of drug-likeness (QED) is 0.613. The van der Waals surface area contributed by atoms with Gasteiger partial charge in [0.1, 0.15) is 5.56 Å². The van der Waals surface area contributed by atoms with Gasteiger partial charge in [0, 0.05) is 15.4 Å². The van der Waals surface area contributed by atoms with Gasteiger partial charge in [-0.1, -0.05) is 34.1 Å². The lowest BCUT2D eigenvalue weighted by atomic mass is 10.1. The summed E-state index contributed by atoms with van der Waals surface area (Å²) >= 11 is 4.59. The van der Waals surface area contributed by atoms with Crippen molar-refractivity contribution in [3.63, 3.8) is 0 Å². The summed E-state index contributed by atoms with van der Waals surface area (Å²) < 4.78 is 0.889. The van der Waals surface area contributed by atoms with E-state index in [9.17, 15) is 14.7 Å². The van der Waals surface area contributed by atoms with Crippen molar-refractivity contribution in [1.29, 1.82) is 5.26 Å². The molecule has 1 amide bonds. The van der Waals surface area contributed by atoms with Gasteiger partial charge in [-0.05, 0) is 35.9 Å². The van der Waals surface area contributed by atoms with Gasteiger partial charge in [0.05, 0.1) is 22.2 Å². The number of nitrogens with zero attached hydrogens (tertiary/aromatic N) is 1. The van der Waals surface area contributed by atoms with Gasteiger partial charge in [0.25, 0.3) is 5.91 Å². The summed E-state index contributed by atoms with van der Waals surface area (Å²) in [7, 11) is 0. The van der Waals surface area contributed by atoms with Crippen LogP contribution in [0, 0.1) is 11.3 Å². The maximum Gasteiger partial charge on any atom is 0.339 e. The summed E-state index contributed by atoms with van der Waals surface area (Å²) in [4.78, 5) is 24.8. The second-order valence-electron chi connectivity index (χ2n) is 5.31. The summed E-state index contributed by atoms with van der Waals surface area (Å²) in [5.41, 5.74) is 1.67. The van der Waals surface area contributed by atoms with Crippen LogP contribution >= 0.6 is 27.3 Å². The Morgan fingerprint density at radius 3 is 2.54 bits per heavy atom. The van der Waals surface area contributed by atoms with Crippen molar-refractivity contribution in [2.45, 2.75) is 0 Å². The molecule has 3 aromatic rings. The van der Waals surface area contributed by atoms with Gasteiger partial charge in [-0.25, -0.2) is 4.79 Å². The first-order valence-corrected chi connectivity index (χ1v) is 9.09. The third-order valence-electron chi connectivity index (χ3n) is 3.61. The number of aromatic carboxylic acids is 1. The van der Waals surface area contributed by atoms with Crippen LogP contribution in [0.2, 0.25) is 0 Å². The van der Waals surface area contributed by atoms with E-state index in [1.165, 1.54) is 17.4 Å². The molecule has 3 rings (SSSR count). The first kappa shape index (κ1) is 17.9. The van der Waals surface area contributed by atoms with Gasteiger partial charge in [-0.15, -0.1) is 11.3 Å². The Morgan fingerprint density at radius 2 is 1.88 bits per heavy atom. The molecule has 5 nitrogen and oxygen atoms in total. The number of carboxylic acids is 1. The normalized spacial score (nSPS) is 10.2. The molecule has 0 unspecified atom stereocenters. The van der Waals surface area contributed by atoms with E-state index >= 15 is 0 Å². The average Bonchev–Trinajstić information content (AvgIpc) is 3.06. The number of nitrogens with one attached hydrogen (secondary N) is 1. The van der Waals surface area contributed by atoms with Gasteiger partial charge in [0.15, 0.2) is 0 Å². The van der Waals surface area contributed by atoms with Crippen LogP contribution in [0.1, 0.15) is 26.3 Å². The zero-order valence-corrected chi connectivity index (χ0v) is 15.6. The lowest BCUT2D eigenvalue weighted by Crippen LogP contribution is -2.14. The van der Waals surface area contributed by atoms with E-state index in [0.29, 0.717) is 10.4 Å². The molecule has 128 valence electrons. The number of nitriles is 1. The Bertz CT molecular complexity index is 1040. The Hall–Kier alpha value is -2.95. The fourth-order valence-electron chi connectivity index (χ4n) is 2.40. The van der Waals surface area contributed by atoms with Crippen molar-refractivity contribution in [2.24, 2.45) is 0 Å². The number of benzene rings is 2. The highest BCUT2D eigenvalue weighted by Crippen LogP contribution is 2.36. The number of carbonyl (C=O) groups excluding carboxylic acids is 1. The molecule has 0 spiro atoms. The smallest absolute Gasteiger partial charge is 0.339 e. The van der Waals surface area contributed by atoms with Crippen molar-refractivity contribution >= 4 is 44.8 Å². The monoisotopic (exact) mass is 426 g/mol. The third kappa shape index (κ3) is 3.67. The Kier molecular flexibility index (Phi) is 5.16. The van der Waals surface area contributed by atoms with E-state index in [-0.39, 0.29) is 16.8 Å². The number of hydrogen-bond donors (Lipinski definition) is 2. The van der Waals surface area contributed by atoms with Gasteiger partial charge in [-0.3, -0.25) is 4.79 Å². The first-order chi connectivity index (χ1) is 12.5.